The van der Waals surface area contributed by atoms with Crippen molar-refractivity contribution in [3.05, 3.63) is 0 Å². The molecule has 1 atom stereocenters. The van der Waals surface area contributed by atoms with E-state index < -0.39 is 0 Å². The number of nitrogens with zero attached hydrogens (tertiary/aromatic N) is 1. The van der Waals surface area contributed by atoms with E-state index in [0.29, 0.717) is 6.04 Å². The van der Waals surface area contributed by atoms with Gasteiger partial charge in [-0.2, -0.15) is 0 Å². The third kappa shape index (κ3) is 3.80. The lowest BCUT2D eigenvalue weighted by Gasteiger charge is -2.38. The van der Waals surface area contributed by atoms with Crippen LogP contribution in [0.1, 0.15) is 32.6 Å². The summed E-state index contributed by atoms with van der Waals surface area (Å²) in [6.45, 7) is 4.03. The van der Waals surface area contributed by atoms with Gasteiger partial charge in [-0.1, -0.05) is 13.3 Å². The van der Waals surface area contributed by atoms with Crippen molar-refractivity contribution in [3.63, 3.8) is 0 Å². The fourth-order valence-electron chi connectivity index (χ4n) is 1.90. The summed E-state index contributed by atoms with van der Waals surface area (Å²) >= 11 is 0. The molecule has 1 rings (SSSR count). The Morgan fingerprint density at radius 3 is 2.67 bits per heavy atom. The Balaban J connectivity index is 2.37. The van der Waals surface area contributed by atoms with E-state index in [1.54, 1.807) is 0 Å². The van der Waals surface area contributed by atoms with Crippen LogP contribution in [0.15, 0.2) is 0 Å². The second-order valence-corrected chi connectivity index (χ2v) is 4.51. The molecule has 15 heavy (non-hydrogen) atoms. The zero-order valence-corrected chi connectivity index (χ0v) is 9.58. The van der Waals surface area contributed by atoms with E-state index in [9.17, 15) is 0 Å². The lowest BCUT2D eigenvalue weighted by molar-refractivity contribution is 0.109. The largest absolute Gasteiger partial charge is 0.396 e. The number of amidine groups is 1. The topological polar surface area (TPSA) is 73.3 Å². The Bertz CT molecular complexity index is 204. The lowest BCUT2D eigenvalue weighted by atomic mass is 9.90. The van der Waals surface area contributed by atoms with Gasteiger partial charge in [0.05, 0.1) is 5.84 Å². The maximum atomic E-state index is 8.84. The molecule has 4 nitrogen and oxygen atoms in total. The van der Waals surface area contributed by atoms with Crippen LogP contribution in [0.5, 0.6) is 0 Å². The Hall–Kier alpha value is -0.610. The summed E-state index contributed by atoms with van der Waals surface area (Å²) in [7, 11) is 0. The summed E-state index contributed by atoms with van der Waals surface area (Å²) in [6.07, 6.45) is 4.65. The Kier molecular flexibility index (Phi) is 5.05. The average molecular weight is 213 g/mol. The standard InChI is InChI=1S/C11H23N3O/c1-9(11(12)13)8-14(6-3-7-15)10-4-2-5-10/h9-10,15H,2-8H2,1H3,(H3,12,13). The molecule has 1 aliphatic carbocycles. The molecule has 0 bridgehead atoms. The highest BCUT2D eigenvalue weighted by Gasteiger charge is 2.25. The van der Waals surface area contributed by atoms with Crippen molar-refractivity contribution >= 4 is 5.84 Å². The fraction of sp³-hybridized carbons (Fsp3) is 0.909. The number of nitrogens with two attached hydrogens (primary N) is 1. The zero-order valence-electron chi connectivity index (χ0n) is 9.58. The van der Waals surface area contributed by atoms with Gasteiger partial charge in [-0.15, -0.1) is 0 Å². The summed E-state index contributed by atoms with van der Waals surface area (Å²) in [5.74, 6) is 0.396. The van der Waals surface area contributed by atoms with Gasteiger partial charge in [-0.3, -0.25) is 10.3 Å². The van der Waals surface area contributed by atoms with E-state index >= 15 is 0 Å². The highest BCUT2D eigenvalue weighted by Crippen LogP contribution is 2.25. The van der Waals surface area contributed by atoms with Gasteiger partial charge >= 0.3 is 0 Å². The zero-order chi connectivity index (χ0) is 11.3. The van der Waals surface area contributed by atoms with E-state index in [0.717, 1.165) is 19.5 Å². The molecule has 1 saturated carbocycles. The first-order valence-corrected chi connectivity index (χ1v) is 5.84. The van der Waals surface area contributed by atoms with Gasteiger partial charge < -0.3 is 10.8 Å². The van der Waals surface area contributed by atoms with E-state index in [1.807, 2.05) is 6.92 Å². The smallest absolute Gasteiger partial charge is 0.0947 e. The third-order valence-corrected chi connectivity index (χ3v) is 3.23. The second-order valence-electron chi connectivity index (χ2n) is 4.51. The molecule has 0 amide bonds. The summed E-state index contributed by atoms with van der Waals surface area (Å²) in [5.41, 5.74) is 5.48. The Morgan fingerprint density at radius 2 is 2.27 bits per heavy atom. The van der Waals surface area contributed by atoms with Crippen molar-refractivity contribution < 1.29 is 5.11 Å². The normalized spacial score (nSPS) is 18.9. The minimum Gasteiger partial charge on any atom is -0.396 e. The van der Waals surface area contributed by atoms with Crippen molar-refractivity contribution in [3.8, 4) is 0 Å². The van der Waals surface area contributed by atoms with E-state index in [-0.39, 0.29) is 18.4 Å². The first-order valence-electron chi connectivity index (χ1n) is 5.84. The van der Waals surface area contributed by atoms with Gasteiger partial charge in [0.25, 0.3) is 0 Å². The van der Waals surface area contributed by atoms with E-state index in [4.69, 9.17) is 16.2 Å². The number of nitrogens with one attached hydrogen (secondary N) is 1. The highest BCUT2D eigenvalue weighted by molar-refractivity contribution is 5.79. The van der Waals surface area contributed by atoms with Crippen LogP contribution in [0.25, 0.3) is 0 Å². The predicted octanol–water partition coefficient (Wildman–Crippen LogP) is 0.795. The van der Waals surface area contributed by atoms with Crippen LogP contribution in [-0.2, 0) is 0 Å². The summed E-state index contributed by atoms with van der Waals surface area (Å²) in [5, 5.41) is 16.2. The molecule has 4 heteroatoms. The van der Waals surface area contributed by atoms with Crippen LogP contribution in [0.2, 0.25) is 0 Å². The van der Waals surface area contributed by atoms with Gasteiger partial charge in [-0.05, 0) is 19.3 Å². The molecular weight excluding hydrogens is 190 g/mol. The van der Waals surface area contributed by atoms with E-state index in [2.05, 4.69) is 4.90 Å². The molecule has 0 aromatic rings. The molecular formula is C11H23N3O. The minimum absolute atomic E-state index is 0.129. The SMILES string of the molecule is CC(CN(CCCO)C1CCC1)C(=N)N. The van der Waals surface area contributed by atoms with Crippen LogP contribution in [0.4, 0.5) is 0 Å². The average Bonchev–Trinajstić information content (AvgIpc) is 2.10. The maximum Gasteiger partial charge on any atom is 0.0947 e. The van der Waals surface area contributed by atoms with Crippen molar-refractivity contribution in [2.75, 3.05) is 19.7 Å². The first kappa shape index (κ1) is 12.5. The summed E-state index contributed by atoms with van der Waals surface area (Å²) in [6, 6.07) is 0.665. The molecule has 0 aliphatic heterocycles. The van der Waals surface area contributed by atoms with Crippen molar-refractivity contribution in [1.29, 1.82) is 5.41 Å². The van der Waals surface area contributed by atoms with Gasteiger partial charge in [0.1, 0.15) is 0 Å². The molecule has 0 aromatic carbocycles. The second kappa shape index (κ2) is 6.08. The molecule has 1 aliphatic rings. The summed E-state index contributed by atoms with van der Waals surface area (Å²) in [4.78, 5) is 2.38. The minimum atomic E-state index is 0.129. The predicted molar refractivity (Wildman–Crippen MR) is 62.0 cm³/mol. The van der Waals surface area contributed by atoms with Crippen molar-refractivity contribution in [2.24, 2.45) is 11.7 Å². The molecule has 0 heterocycles. The molecule has 0 spiro atoms. The van der Waals surface area contributed by atoms with E-state index in [1.165, 1.54) is 19.3 Å². The Labute approximate surface area is 92.0 Å². The summed E-state index contributed by atoms with van der Waals surface area (Å²) < 4.78 is 0. The molecule has 0 aromatic heterocycles. The quantitative estimate of drug-likeness (QED) is 0.432. The van der Waals surface area contributed by atoms with Crippen LogP contribution in [-0.4, -0.2) is 41.6 Å². The molecule has 88 valence electrons. The number of rotatable bonds is 7. The maximum absolute atomic E-state index is 8.84. The van der Waals surface area contributed by atoms with Gasteiger partial charge in [0.2, 0.25) is 0 Å². The van der Waals surface area contributed by atoms with Crippen LogP contribution in [0.3, 0.4) is 0 Å². The Morgan fingerprint density at radius 1 is 1.60 bits per heavy atom. The monoisotopic (exact) mass is 213 g/mol. The lowest BCUT2D eigenvalue weighted by Crippen LogP contribution is -2.45. The van der Waals surface area contributed by atoms with Crippen molar-refractivity contribution in [2.45, 2.75) is 38.6 Å². The van der Waals surface area contributed by atoms with Crippen molar-refractivity contribution in [1.82, 2.24) is 4.90 Å². The highest BCUT2D eigenvalue weighted by atomic mass is 16.3. The number of hydrogen-bond acceptors (Lipinski definition) is 3. The molecule has 0 saturated heterocycles. The number of aliphatic hydroxyl groups excluding tert-OH is 1. The van der Waals surface area contributed by atoms with Crippen LogP contribution in [0, 0.1) is 11.3 Å². The van der Waals surface area contributed by atoms with Crippen LogP contribution >= 0.6 is 0 Å². The third-order valence-electron chi connectivity index (χ3n) is 3.23. The number of hydrogen-bond donors (Lipinski definition) is 3. The molecule has 0 radical (unpaired) electrons. The number of aliphatic hydroxyl groups is 1. The van der Waals surface area contributed by atoms with Crippen LogP contribution < -0.4 is 5.73 Å². The fourth-order valence-corrected chi connectivity index (χ4v) is 1.90. The molecule has 4 N–H and O–H groups in total. The molecule has 1 fully saturated rings. The van der Waals surface area contributed by atoms with Gasteiger partial charge in [0, 0.05) is 31.7 Å². The molecule has 1 unspecified atom stereocenters. The van der Waals surface area contributed by atoms with Gasteiger partial charge in [0.15, 0.2) is 0 Å². The first-order chi connectivity index (χ1) is 7.15. The van der Waals surface area contributed by atoms with Gasteiger partial charge in [-0.25, -0.2) is 0 Å².